The summed E-state index contributed by atoms with van der Waals surface area (Å²) in [6, 6.07) is -2.53. The lowest BCUT2D eigenvalue weighted by Crippen LogP contribution is -2.69. The summed E-state index contributed by atoms with van der Waals surface area (Å²) >= 11 is 0. The quantitative estimate of drug-likeness (QED) is 0.0294. The Morgan fingerprint density at radius 2 is 0.777 bits per heavy atom. The van der Waals surface area contributed by atoms with Crippen LogP contribution in [0, 0.1) is 0 Å². The first-order chi connectivity index (χ1) is 45.5. The van der Waals surface area contributed by atoms with E-state index in [1.165, 1.54) is 167 Å². The van der Waals surface area contributed by atoms with Crippen molar-refractivity contribution in [3.8, 4) is 0 Å². The van der Waals surface area contributed by atoms with Gasteiger partial charge in [0.2, 0.25) is 11.8 Å². The Morgan fingerprint density at radius 3 is 1.21 bits per heavy atom. The third kappa shape index (κ3) is 30.0. The molecule has 0 radical (unpaired) electrons. The molecule has 0 saturated carbocycles. The van der Waals surface area contributed by atoms with E-state index in [1.807, 2.05) is 6.08 Å². The number of hydrogen-bond acceptors (Lipinski definition) is 23. The van der Waals surface area contributed by atoms with Crippen LogP contribution in [0.3, 0.4) is 0 Å². The van der Waals surface area contributed by atoms with E-state index in [0.29, 0.717) is 12.8 Å². The van der Waals surface area contributed by atoms with E-state index in [4.69, 9.17) is 37.9 Å². The molecule has 0 spiro atoms. The first-order valence-corrected chi connectivity index (χ1v) is 36.4. The number of ether oxygens (including phenoxy) is 8. The summed E-state index contributed by atoms with van der Waals surface area (Å²) in [5.74, 6) is -0.999. The van der Waals surface area contributed by atoms with Crippen LogP contribution in [0.25, 0.3) is 0 Å². The molecule has 4 rings (SSSR count). The molecule has 0 aliphatic carbocycles. The van der Waals surface area contributed by atoms with Crippen molar-refractivity contribution in [2.24, 2.45) is 0 Å². The summed E-state index contributed by atoms with van der Waals surface area (Å²) in [7, 11) is 0. The van der Waals surface area contributed by atoms with Gasteiger partial charge in [-0.25, -0.2) is 0 Å². The summed E-state index contributed by atoms with van der Waals surface area (Å²) in [5, 5.41) is 148. The standard InChI is InChI=1S/C69H128N2O23/c1-4-6-8-10-12-14-16-18-19-20-21-22-23-24-25-26-28-30-32-34-36-38-40-53(78)71-47(48(77)39-37-35-33-31-29-27-17-15-13-11-9-7-5-2)45-87-67-60(84)58(82)63(51(43-74)90-67)92-68-61(85)59(83)64(52(44-75)91-68)93-69-62(86)65(56(80)50(42-73)89-69)94-66-54(70-46(3)76)57(81)55(79)49(41-72)88-66/h37,39,47-52,54-69,72-75,77,79-86H,4-36,38,40-45H2,1-3H3,(H,70,76)(H,71,78)/b39-37+/t47?,48-,49-,50-,51-,52-,54-,55+,56+,57-,58-,59-,60-,61-,62-,63-,64+,65+,66+,67+,68+,69-/m1/s1. The van der Waals surface area contributed by atoms with Crippen molar-refractivity contribution in [3.63, 3.8) is 0 Å². The van der Waals surface area contributed by atoms with Crippen molar-refractivity contribution in [3.05, 3.63) is 12.2 Å². The largest absolute Gasteiger partial charge is 0.394 e. The summed E-state index contributed by atoms with van der Waals surface area (Å²) in [6.07, 6.45) is 9.89. The highest BCUT2D eigenvalue weighted by Crippen LogP contribution is 2.35. The molecule has 15 N–H and O–H groups in total. The third-order valence-electron chi connectivity index (χ3n) is 18.9. The molecule has 4 aliphatic heterocycles. The summed E-state index contributed by atoms with van der Waals surface area (Å²) in [5.41, 5.74) is 0. The minimum atomic E-state index is -2.10. The Labute approximate surface area is 559 Å². The average Bonchev–Trinajstić information content (AvgIpc) is 0.782. The first kappa shape index (κ1) is 84.3. The molecular weight excluding hydrogens is 1220 g/mol. The number of amides is 2. The van der Waals surface area contributed by atoms with Crippen LogP contribution >= 0.6 is 0 Å². The van der Waals surface area contributed by atoms with Crippen molar-refractivity contribution < 1.29 is 114 Å². The average molecular weight is 1350 g/mol. The molecule has 25 heteroatoms. The van der Waals surface area contributed by atoms with Crippen molar-refractivity contribution >= 4 is 11.8 Å². The fourth-order valence-corrected chi connectivity index (χ4v) is 13.0. The zero-order valence-corrected chi connectivity index (χ0v) is 57.0. The van der Waals surface area contributed by atoms with Gasteiger partial charge in [-0.1, -0.05) is 225 Å². The molecule has 4 aliphatic rings. The van der Waals surface area contributed by atoms with Crippen LogP contribution in [0.2, 0.25) is 0 Å². The van der Waals surface area contributed by atoms with Gasteiger partial charge in [0.05, 0.1) is 45.2 Å². The van der Waals surface area contributed by atoms with E-state index in [1.54, 1.807) is 6.08 Å². The zero-order chi connectivity index (χ0) is 68.6. The number of unbranched alkanes of at least 4 members (excludes halogenated alkanes) is 32. The lowest BCUT2D eigenvalue weighted by atomic mass is 9.95. The minimum Gasteiger partial charge on any atom is -0.394 e. The Hall–Kier alpha value is -2.16. The van der Waals surface area contributed by atoms with Gasteiger partial charge < -0.3 is 115 Å². The van der Waals surface area contributed by atoms with Gasteiger partial charge in [0.1, 0.15) is 97.6 Å². The molecular formula is C69H128N2O23. The number of rotatable bonds is 52. The van der Waals surface area contributed by atoms with E-state index < -0.39 is 174 Å². The molecule has 0 aromatic rings. The molecule has 25 nitrogen and oxygen atoms in total. The highest BCUT2D eigenvalue weighted by Gasteiger charge is 2.56. The van der Waals surface area contributed by atoms with E-state index in [0.717, 1.165) is 45.4 Å². The molecule has 0 aromatic carbocycles. The van der Waals surface area contributed by atoms with Crippen LogP contribution in [-0.4, -0.2) is 246 Å². The minimum absolute atomic E-state index is 0.219. The van der Waals surface area contributed by atoms with E-state index in [9.17, 15) is 76.0 Å². The number of allylic oxidation sites excluding steroid dienone is 1. The first-order valence-electron chi connectivity index (χ1n) is 36.4. The van der Waals surface area contributed by atoms with Gasteiger partial charge in [0.15, 0.2) is 25.2 Å². The maximum absolute atomic E-state index is 13.5. The second-order valence-corrected chi connectivity index (χ2v) is 26.8. The predicted molar refractivity (Wildman–Crippen MR) is 349 cm³/mol. The maximum atomic E-state index is 13.5. The predicted octanol–water partition coefficient (Wildman–Crippen LogP) is 4.51. The Balaban J connectivity index is 1.28. The van der Waals surface area contributed by atoms with Crippen molar-refractivity contribution in [1.29, 1.82) is 0 Å². The monoisotopic (exact) mass is 1350 g/mol. The van der Waals surface area contributed by atoms with Crippen molar-refractivity contribution in [2.75, 3.05) is 33.0 Å². The lowest BCUT2D eigenvalue weighted by molar-refractivity contribution is -0.386. The molecule has 4 fully saturated rings. The third-order valence-corrected chi connectivity index (χ3v) is 18.9. The summed E-state index contributed by atoms with van der Waals surface area (Å²) < 4.78 is 46.5. The number of carbonyl (C=O) groups excluding carboxylic acids is 2. The van der Waals surface area contributed by atoms with Crippen LogP contribution in [0.1, 0.15) is 245 Å². The molecule has 0 aromatic heterocycles. The normalized spacial score (nSPS) is 32.2. The van der Waals surface area contributed by atoms with Gasteiger partial charge in [-0.2, -0.15) is 0 Å². The molecule has 552 valence electrons. The highest BCUT2D eigenvalue weighted by molar-refractivity contribution is 5.76. The van der Waals surface area contributed by atoms with Crippen molar-refractivity contribution in [1.82, 2.24) is 10.6 Å². The van der Waals surface area contributed by atoms with Gasteiger partial charge in [-0.05, 0) is 19.3 Å². The molecule has 0 bridgehead atoms. The number of aliphatic hydroxyl groups excluding tert-OH is 13. The summed E-state index contributed by atoms with van der Waals surface area (Å²) in [6.45, 7) is 1.65. The highest BCUT2D eigenvalue weighted by atomic mass is 16.8. The topological polar surface area (TPSA) is 395 Å². The number of aliphatic hydroxyl groups is 13. The van der Waals surface area contributed by atoms with Gasteiger partial charge in [-0.3, -0.25) is 9.59 Å². The Kier molecular flexibility index (Phi) is 44.3. The second-order valence-electron chi connectivity index (χ2n) is 26.8. The number of carbonyl (C=O) groups is 2. The fourth-order valence-electron chi connectivity index (χ4n) is 13.0. The summed E-state index contributed by atoms with van der Waals surface area (Å²) in [4.78, 5) is 25.5. The lowest BCUT2D eigenvalue weighted by Gasteiger charge is -2.49. The molecule has 2 amide bonds. The van der Waals surface area contributed by atoms with E-state index in [-0.39, 0.29) is 12.3 Å². The van der Waals surface area contributed by atoms with Gasteiger partial charge in [-0.15, -0.1) is 0 Å². The second kappa shape index (κ2) is 49.4. The SMILES string of the molecule is CCCCCCCCCCCCC/C=C/[C@@H](O)C(CO[C@H]1O[C@H](CO)[C@@H](O[C@@H]2O[C@H](CO)[C@H](O[C@H]3O[C@H](CO)[C@H](O)[C@H](O[C@@H]4O[C@H](CO)[C@H](O)[C@H](O)[C@H]4NC(C)=O)[C@H]3O)[C@H](O)[C@H]2O)[C@H](O)[C@H]1O)NC(=O)CCCCCCCCCCCCCCCCCCCCCCCC. The number of nitrogens with one attached hydrogen (secondary N) is 2. The van der Waals surface area contributed by atoms with Gasteiger partial charge >= 0.3 is 0 Å². The fraction of sp³-hybridized carbons (Fsp3) is 0.942. The molecule has 94 heavy (non-hydrogen) atoms. The van der Waals surface area contributed by atoms with Crippen LogP contribution in [0.4, 0.5) is 0 Å². The molecule has 22 atom stereocenters. The van der Waals surface area contributed by atoms with Gasteiger partial charge in [0.25, 0.3) is 0 Å². The molecule has 1 unspecified atom stereocenters. The van der Waals surface area contributed by atoms with Crippen LogP contribution < -0.4 is 10.6 Å². The number of hydrogen-bond donors (Lipinski definition) is 15. The van der Waals surface area contributed by atoms with Crippen LogP contribution in [0.5, 0.6) is 0 Å². The van der Waals surface area contributed by atoms with E-state index in [2.05, 4.69) is 24.5 Å². The van der Waals surface area contributed by atoms with Crippen LogP contribution in [0.15, 0.2) is 12.2 Å². The van der Waals surface area contributed by atoms with E-state index >= 15 is 0 Å². The van der Waals surface area contributed by atoms with Gasteiger partial charge in [0, 0.05) is 13.3 Å². The zero-order valence-electron chi connectivity index (χ0n) is 57.0. The molecule has 4 saturated heterocycles. The van der Waals surface area contributed by atoms with Crippen LogP contribution in [-0.2, 0) is 47.5 Å². The molecule has 4 heterocycles. The Morgan fingerprint density at radius 1 is 0.415 bits per heavy atom. The smallest absolute Gasteiger partial charge is 0.220 e. The maximum Gasteiger partial charge on any atom is 0.220 e. The Bertz CT molecular complexity index is 1950. The van der Waals surface area contributed by atoms with Crippen molar-refractivity contribution in [2.45, 2.75) is 380 Å².